The fraction of sp³-hybridized carbons (Fsp3) is 0.667. The molecule has 0 atom stereocenters. The van der Waals surface area contributed by atoms with Gasteiger partial charge in [0, 0.05) is 5.41 Å². The zero-order valence-electron chi connectivity index (χ0n) is 13.2. The van der Waals surface area contributed by atoms with Gasteiger partial charge < -0.3 is 9.53 Å². The summed E-state index contributed by atoms with van der Waals surface area (Å²) in [6.07, 6.45) is 0. The normalized spacial score (nSPS) is 13.1. The maximum Gasteiger partial charge on any atom is 0.205 e. The van der Waals surface area contributed by atoms with E-state index in [9.17, 15) is 5.11 Å². The second kappa shape index (κ2) is 5.73. The molecule has 3 nitrogen and oxygen atoms in total. The minimum Gasteiger partial charge on any atom is -0.413 e. The van der Waals surface area contributed by atoms with Crippen LogP contribution in [-0.2, 0) is 22.0 Å². The van der Waals surface area contributed by atoms with Gasteiger partial charge in [0.1, 0.15) is 5.60 Å². The van der Waals surface area contributed by atoms with E-state index >= 15 is 0 Å². The van der Waals surface area contributed by atoms with E-state index in [0.29, 0.717) is 12.3 Å². The first-order valence-electron chi connectivity index (χ1n) is 6.68. The molecular weight excluding hydrogens is 254 g/mol. The summed E-state index contributed by atoms with van der Waals surface area (Å²) in [5, 5.41) is 10.1. The zero-order valence-corrected chi connectivity index (χ0v) is 14.2. The molecule has 0 aliphatic carbocycles. The maximum absolute atomic E-state index is 10.1. The van der Waals surface area contributed by atoms with Crippen molar-refractivity contribution in [3.63, 3.8) is 0 Å². The Balaban J connectivity index is 3.18. The molecule has 1 N–H and O–H groups in total. The van der Waals surface area contributed by atoms with E-state index in [4.69, 9.17) is 4.43 Å². The highest BCUT2D eigenvalue weighted by molar-refractivity contribution is 6.48. The summed E-state index contributed by atoms with van der Waals surface area (Å²) in [6, 6.07) is 3.93. The van der Waals surface area contributed by atoms with Crippen LogP contribution in [0.2, 0.25) is 13.1 Å². The van der Waals surface area contributed by atoms with Crippen molar-refractivity contribution < 1.29 is 9.53 Å². The molecule has 0 spiro atoms. The lowest BCUT2D eigenvalue weighted by atomic mass is 9.87. The van der Waals surface area contributed by atoms with Crippen LogP contribution < -0.4 is 0 Å². The van der Waals surface area contributed by atoms with Crippen LogP contribution in [0.25, 0.3) is 0 Å². The van der Waals surface area contributed by atoms with Crippen LogP contribution >= 0.6 is 0 Å². The maximum atomic E-state index is 10.1. The van der Waals surface area contributed by atoms with E-state index in [0.717, 1.165) is 11.3 Å². The molecular formula is C15H26NO2Si. The molecule has 1 aromatic heterocycles. The van der Waals surface area contributed by atoms with E-state index in [-0.39, 0.29) is 5.41 Å². The SMILES string of the molecule is C[Si](C)OCc1ccc(C(C)(C)O)nc1C(C)(C)C. The van der Waals surface area contributed by atoms with Crippen LogP contribution in [0.5, 0.6) is 0 Å². The van der Waals surface area contributed by atoms with Gasteiger partial charge in [0.05, 0.1) is 18.0 Å². The second-order valence-corrected chi connectivity index (χ2v) is 8.82. The topological polar surface area (TPSA) is 42.4 Å². The molecule has 0 aromatic carbocycles. The van der Waals surface area contributed by atoms with E-state index in [1.54, 1.807) is 13.8 Å². The number of hydrogen-bond acceptors (Lipinski definition) is 3. The second-order valence-electron chi connectivity index (χ2n) is 6.71. The Morgan fingerprint density at radius 3 is 2.16 bits per heavy atom. The molecule has 0 unspecified atom stereocenters. The van der Waals surface area contributed by atoms with Gasteiger partial charge in [0.25, 0.3) is 0 Å². The Morgan fingerprint density at radius 2 is 1.74 bits per heavy atom. The zero-order chi connectivity index (χ0) is 14.8. The Hall–Kier alpha value is -0.713. The number of aliphatic hydroxyl groups is 1. The number of hydrogen-bond donors (Lipinski definition) is 1. The Kier molecular flexibility index (Phi) is 4.93. The molecule has 1 radical (unpaired) electrons. The van der Waals surface area contributed by atoms with E-state index in [1.807, 2.05) is 12.1 Å². The predicted molar refractivity (Wildman–Crippen MR) is 80.5 cm³/mol. The number of aromatic nitrogens is 1. The van der Waals surface area contributed by atoms with Crippen molar-refractivity contribution >= 4 is 9.04 Å². The Morgan fingerprint density at radius 1 is 1.16 bits per heavy atom. The van der Waals surface area contributed by atoms with E-state index in [2.05, 4.69) is 38.8 Å². The Bertz CT molecular complexity index is 431. The van der Waals surface area contributed by atoms with Gasteiger partial charge in [-0.05, 0) is 38.6 Å². The third-order valence-electron chi connectivity index (χ3n) is 2.83. The van der Waals surface area contributed by atoms with Crippen molar-refractivity contribution in [2.45, 2.75) is 65.3 Å². The average Bonchev–Trinajstić information content (AvgIpc) is 2.23. The van der Waals surface area contributed by atoms with Gasteiger partial charge in [-0.15, -0.1) is 0 Å². The smallest absolute Gasteiger partial charge is 0.205 e. The van der Waals surface area contributed by atoms with Crippen molar-refractivity contribution in [2.24, 2.45) is 0 Å². The molecule has 0 fully saturated rings. The number of nitrogens with zero attached hydrogens (tertiary/aromatic N) is 1. The number of rotatable bonds is 4. The molecule has 0 amide bonds. The molecule has 0 aliphatic rings. The summed E-state index contributed by atoms with van der Waals surface area (Å²) in [7, 11) is -0.709. The first-order valence-corrected chi connectivity index (χ1v) is 9.09. The Labute approximate surface area is 118 Å². The van der Waals surface area contributed by atoms with E-state index < -0.39 is 14.6 Å². The summed E-state index contributed by atoms with van der Waals surface area (Å²) in [4.78, 5) is 4.67. The molecule has 0 bridgehead atoms. The minimum absolute atomic E-state index is 0.0612. The number of pyridine rings is 1. The van der Waals surface area contributed by atoms with Gasteiger partial charge in [0.2, 0.25) is 9.04 Å². The van der Waals surface area contributed by atoms with Crippen LogP contribution in [0.4, 0.5) is 0 Å². The minimum atomic E-state index is -0.913. The van der Waals surface area contributed by atoms with Crippen LogP contribution in [0.15, 0.2) is 12.1 Å². The molecule has 0 saturated heterocycles. The van der Waals surface area contributed by atoms with Crippen LogP contribution in [0.3, 0.4) is 0 Å². The van der Waals surface area contributed by atoms with Gasteiger partial charge in [-0.25, -0.2) is 0 Å². The molecule has 1 aromatic rings. The lowest BCUT2D eigenvalue weighted by Gasteiger charge is -2.25. The lowest BCUT2D eigenvalue weighted by Crippen LogP contribution is -2.24. The van der Waals surface area contributed by atoms with Crippen LogP contribution in [-0.4, -0.2) is 19.1 Å². The first-order chi connectivity index (χ1) is 8.51. The molecule has 1 heterocycles. The third kappa shape index (κ3) is 4.71. The highest BCUT2D eigenvalue weighted by Gasteiger charge is 2.24. The summed E-state index contributed by atoms with van der Waals surface area (Å²) in [6.45, 7) is 14.8. The average molecular weight is 280 g/mol. The van der Waals surface area contributed by atoms with Gasteiger partial charge in [-0.3, -0.25) is 4.98 Å². The largest absolute Gasteiger partial charge is 0.413 e. The third-order valence-corrected chi connectivity index (χ3v) is 3.55. The standard InChI is InChI=1S/C15H26NO2Si/c1-14(2,3)13-11(10-18-19(6)7)8-9-12(16-13)15(4,5)17/h8-9,17H,10H2,1-7H3. The molecule has 0 aliphatic heterocycles. The van der Waals surface area contributed by atoms with Gasteiger partial charge in [-0.1, -0.05) is 26.8 Å². The van der Waals surface area contributed by atoms with Crippen LogP contribution in [0, 0.1) is 0 Å². The molecule has 107 valence electrons. The van der Waals surface area contributed by atoms with Crippen molar-refractivity contribution in [3.05, 3.63) is 29.1 Å². The highest BCUT2D eigenvalue weighted by Crippen LogP contribution is 2.28. The fourth-order valence-corrected chi connectivity index (χ4v) is 2.26. The fourth-order valence-electron chi connectivity index (χ4n) is 1.82. The summed E-state index contributed by atoms with van der Waals surface area (Å²) >= 11 is 0. The summed E-state index contributed by atoms with van der Waals surface area (Å²) < 4.78 is 5.79. The lowest BCUT2D eigenvalue weighted by molar-refractivity contribution is 0.0733. The van der Waals surface area contributed by atoms with Crippen molar-refractivity contribution in [2.75, 3.05) is 0 Å². The summed E-state index contributed by atoms with van der Waals surface area (Å²) in [5.74, 6) is 0. The molecule has 1 rings (SSSR count). The van der Waals surface area contributed by atoms with Gasteiger partial charge in [0.15, 0.2) is 0 Å². The van der Waals surface area contributed by atoms with E-state index in [1.165, 1.54) is 0 Å². The molecule has 4 heteroatoms. The monoisotopic (exact) mass is 280 g/mol. The first kappa shape index (κ1) is 16.3. The summed E-state index contributed by atoms with van der Waals surface area (Å²) in [5.41, 5.74) is 1.86. The van der Waals surface area contributed by atoms with Crippen molar-refractivity contribution in [1.82, 2.24) is 4.98 Å². The molecule has 19 heavy (non-hydrogen) atoms. The van der Waals surface area contributed by atoms with Gasteiger partial charge in [-0.2, -0.15) is 0 Å². The molecule has 0 saturated carbocycles. The van der Waals surface area contributed by atoms with Crippen molar-refractivity contribution in [1.29, 1.82) is 0 Å². The van der Waals surface area contributed by atoms with Crippen molar-refractivity contribution in [3.8, 4) is 0 Å². The highest BCUT2D eigenvalue weighted by atomic mass is 28.3. The van der Waals surface area contributed by atoms with Crippen LogP contribution in [0.1, 0.15) is 51.6 Å². The predicted octanol–water partition coefficient (Wildman–Crippen LogP) is 3.37. The quantitative estimate of drug-likeness (QED) is 0.860. The van der Waals surface area contributed by atoms with Gasteiger partial charge >= 0.3 is 0 Å².